The number of carbonyl (C=O) groups is 3. The lowest BCUT2D eigenvalue weighted by molar-refractivity contribution is -0.166. The zero-order chi connectivity index (χ0) is 20.3. The van der Waals surface area contributed by atoms with E-state index in [-0.39, 0.29) is 5.91 Å². The maximum Gasteiger partial charge on any atom is 0.303 e. The predicted molar refractivity (Wildman–Crippen MR) is 102 cm³/mol. The van der Waals surface area contributed by atoms with Crippen LogP contribution in [0.2, 0.25) is 0 Å². The summed E-state index contributed by atoms with van der Waals surface area (Å²) in [5, 5.41) is 0. The van der Waals surface area contributed by atoms with Gasteiger partial charge >= 0.3 is 11.9 Å². The first-order valence-electron chi connectivity index (χ1n) is 9.13. The summed E-state index contributed by atoms with van der Waals surface area (Å²) in [5.41, 5.74) is 2.74. The van der Waals surface area contributed by atoms with Gasteiger partial charge in [0.25, 0.3) is 5.91 Å². The summed E-state index contributed by atoms with van der Waals surface area (Å²) in [7, 11) is 0. The zero-order valence-corrected chi connectivity index (χ0v) is 16.1. The fraction of sp³-hybridized carbons (Fsp3) is 0.318. The van der Waals surface area contributed by atoms with Crippen molar-refractivity contribution in [1.29, 1.82) is 0 Å². The number of aryl methyl sites for hydroxylation is 1. The van der Waals surface area contributed by atoms with Crippen molar-refractivity contribution in [1.82, 2.24) is 4.90 Å². The lowest BCUT2D eigenvalue weighted by atomic mass is 9.96. The van der Waals surface area contributed by atoms with Gasteiger partial charge in [0.2, 0.25) is 6.10 Å². The van der Waals surface area contributed by atoms with E-state index in [0.717, 1.165) is 16.7 Å². The van der Waals surface area contributed by atoms with Gasteiger partial charge in [-0.15, -0.1) is 0 Å². The number of carbonyl (C=O) groups excluding carboxylic acids is 3. The summed E-state index contributed by atoms with van der Waals surface area (Å²) in [6.45, 7) is 4.77. The Hall–Kier alpha value is -3.15. The van der Waals surface area contributed by atoms with Gasteiger partial charge < -0.3 is 14.4 Å². The van der Waals surface area contributed by atoms with E-state index in [1.165, 1.54) is 13.8 Å². The molecule has 1 aliphatic heterocycles. The smallest absolute Gasteiger partial charge is 0.303 e. The Morgan fingerprint density at radius 3 is 2.14 bits per heavy atom. The van der Waals surface area contributed by atoms with Gasteiger partial charge in [0.1, 0.15) is 0 Å². The van der Waals surface area contributed by atoms with E-state index in [1.54, 1.807) is 4.90 Å². The van der Waals surface area contributed by atoms with Crippen molar-refractivity contribution < 1.29 is 23.9 Å². The molecule has 0 saturated carbocycles. The third-order valence-corrected chi connectivity index (χ3v) is 4.77. The molecule has 6 heteroatoms. The van der Waals surface area contributed by atoms with E-state index in [1.807, 2.05) is 61.5 Å². The molecule has 1 aliphatic rings. The number of rotatable bonds is 5. The van der Waals surface area contributed by atoms with Crippen LogP contribution < -0.4 is 0 Å². The second-order valence-electron chi connectivity index (χ2n) is 6.86. The van der Waals surface area contributed by atoms with Crippen LogP contribution in [0.25, 0.3) is 0 Å². The van der Waals surface area contributed by atoms with Crippen LogP contribution in [0.4, 0.5) is 0 Å². The molecule has 0 aliphatic carbocycles. The van der Waals surface area contributed by atoms with Crippen LogP contribution in [-0.4, -0.2) is 35.0 Å². The predicted octanol–water partition coefficient (Wildman–Crippen LogP) is 2.94. The molecule has 3 rings (SSSR count). The summed E-state index contributed by atoms with van der Waals surface area (Å²) in [5.74, 6) is -1.51. The summed E-state index contributed by atoms with van der Waals surface area (Å²) >= 11 is 0. The number of amides is 1. The molecule has 0 spiro atoms. The number of nitrogens with zero attached hydrogens (tertiary/aromatic N) is 1. The van der Waals surface area contributed by atoms with Crippen LogP contribution in [0.1, 0.15) is 36.6 Å². The normalized spacial score (nSPS) is 21.5. The van der Waals surface area contributed by atoms with Crippen molar-refractivity contribution in [3.8, 4) is 0 Å². The molecule has 0 N–H and O–H groups in total. The maximum absolute atomic E-state index is 13.2. The Kier molecular flexibility index (Phi) is 5.78. The van der Waals surface area contributed by atoms with Crippen molar-refractivity contribution in [3.63, 3.8) is 0 Å². The molecule has 1 fully saturated rings. The molecule has 1 saturated heterocycles. The van der Waals surface area contributed by atoms with Crippen LogP contribution in [0.5, 0.6) is 0 Å². The van der Waals surface area contributed by atoms with Crippen LogP contribution in [0, 0.1) is 6.92 Å². The van der Waals surface area contributed by atoms with E-state index < -0.39 is 30.2 Å². The van der Waals surface area contributed by atoms with E-state index >= 15 is 0 Å². The molecular weight excluding hydrogens is 358 g/mol. The molecule has 0 radical (unpaired) electrons. The highest BCUT2D eigenvalue weighted by Crippen LogP contribution is 2.39. The van der Waals surface area contributed by atoms with Crippen molar-refractivity contribution >= 4 is 17.8 Å². The minimum Gasteiger partial charge on any atom is -0.455 e. The van der Waals surface area contributed by atoms with Crippen molar-refractivity contribution in [2.45, 2.75) is 45.6 Å². The van der Waals surface area contributed by atoms with Gasteiger partial charge in [0.05, 0.1) is 6.04 Å². The van der Waals surface area contributed by atoms with Crippen molar-refractivity contribution in [2.75, 3.05) is 0 Å². The molecule has 146 valence electrons. The first kappa shape index (κ1) is 19.6. The third kappa shape index (κ3) is 4.06. The van der Waals surface area contributed by atoms with E-state index in [4.69, 9.17) is 9.47 Å². The zero-order valence-electron chi connectivity index (χ0n) is 16.1. The number of benzene rings is 2. The quantitative estimate of drug-likeness (QED) is 0.745. The number of ether oxygens (including phenoxy) is 2. The van der Waals surface area contributed by atoms with Crippen molar-refractivity contribution in [3.05, 3.63) is 71.3 Å². The minimum absolute atomic E-state index is 0.314. The van der Waals surface area contributed by atoms with Crippen LogP contribution in [-0.2, 0) is 30.4 Å². The molecular formula is C22H23NO5. The number of hydrogen-bond acceptors (Lipinski definition) is 5. The highest BCUT2D eigenvalue weighted by Gasteiger charge is 2.53. The Morgan fingerprint density at radius 1 is 0.929 bits per heavy atom. The lowest BCUT2D eigenvalue weighted by Crippen LogP contribution is -2.36. The van der Waals surface area contributed by atoms with Gasteiger partial charge in [-0.3, -0.25) is 14.4 Å². The van der Waals surface area contributed by atoms with Gasteiger partial charge in [-0.05, 0) is 23.6 Å². The molecule has 28 heavy (non-hydrogen) atoms. The Balaban J connectivity index is 2.07. The van der Waals surface area contributed by atoms with E-state index in [0.29, 0.717) is 6.54 Å². The summed E-state index contributed by atoms with van der Waals surface area (Å²) in [6.07, 6.45) is -2.09. The molecule has 2 aromatic carbocycles. The van der Waals surface area contributed by atoms with Gasteiger partial charge in [-0.2, -0.15) is 0 Å². The average molecular weight is 381 g/mol. The third-order valence-electron chi connectivity index (χ3n) is 4.77. The second-order valence-corrected chi connectivity index (χ2v) is 6.86. The highest BCUT2D eigenvalue weighted by atomic mass is 16.6. The second kappa shape index (κ2) is 8.25. The molecule has 1 amide bonds. The summed E-state index contributed by atoms with van der Waals surface area (Å²) in [6, 6.07) is 16.6. The Bertz CT molecular complexity index is 880. The van der Waals surface area contributed by atoms with E-state index in [2.05, 4.69) is 0 Å². The van der Waals surface area contributed by atoms with Crippen LogP contribution in [0.15, 0.2) is 54.6 Å². The SMILES string of the molecule is CC(=O)O[C@H]1C(=O)N(Cc2ccccc2)C(c2ccccc2C)[C@@H]1OC(C)=O. The topological polar surface area (TPSA) is 72.9 Å². The number of likely N-dealkylation sites (tertiary alicyclic amines) is 1. The van der Waals surface area contributed by atoms with Gasteiger partial charge in [-0.1, -0.05) is 54.6 Å². The molecule has 3 atom stereocenters. The number of hydrogen-bond donors (Lipinski definition) is 0. The first-order valence-corrected chi connectivity index (χ1v) is 9.13. The molecule has 0 aromatic heterocycles. The largest absolute Gasteiger partial charge is 0.455 e. The maximum atomic E-state index is 13.2. The van der Waals surface area contributed by atoms with Crippen LogP contribution >= 0.6 is 0 Å². The molecule has 2 aromatic rings. The molecule has 0 bridgehead atoms. The van der Waals surface area contributed by atoms with Gasteiger partial charge in [0.15, 0.2) is 6.10 Å². The first-order chi connectivity index (χ1) is 13.4. The average Bonchev–Trinajstić information content (AvgIpc) is 2.88. The monoisotopic (exact) mass is 381 g/mol. The lowest BCUT2D eigenvalue weighted by Gasteiger charge is -2.29. The molecule has 1 unspecified atom stereocenters. The van der Waals surface area contributed by atoms with E-state index in [9.17, 15) is 14.4 Å². The number of esters is 2. The Labute approximate surface area is 164 Å². The van der Waals surface area contributed by atoms with Crippen molar-refractivity contribution in [2.24, 2.45) is 0 Å². The minimum atomic E-state index is -1.17. The van der Waals surface area contributed by atoms with Gasteiger partial charge in [-0.25, -0.2) is 0 Å². The summed E-state index contributed by atoms with van der Waals surface area (Å²) < 4.78 is 10.8. The molecule has 6 nitrogen and oxygen atoms in total. The molecule has 1 heterocycles. The fourth-order valence-electron chi connectivity index (χ4n) is 3.62. The van der Waals surface area contributed by atoms with Crippen LogP contribution in [0.3, 0.4) is 0 Å². The fourth-order valence-corrected chi connectivity index (χ4v) is 3.62. The Morgan fingerprint density at radius 2 is 1.54 bits per heavy atom. The summed E-state index contributed by atoms with van der Waals surface area (Å²) in [4.78, 5) is 38.2. The standard InChI is InChI=1S/C22H23NO5/c1-14-9-7-8-12-18(14)19-20(27-15(2)24)21(28-16(3)25)22(26)23(19)13-17-10-5-4-6-11-17/h4-12,19-21H,13H2,1-3H3/t19?,20-,21+/m0/s1. The van der Waals surface area contributed by atoms with Gasteiger partial charge in [0, 0.05) is 20.4 Å². The highest BCUT2D eigenvalue weighted by molar-refractivity contribution is 5.88.